The highest BCUT2D eigenvalue weighted by Gasteiger charge is 2.16. The molecular formula is C17H29NO3Si. The van der Waals surface area contributed by atoms with Gasteiger partial charge in [0.05, 0.1) is 14.7 Å². The molecule has 0 aromatic heterocycles. The summed E-state index contributed by atoms with van der Waals surface area (Å²) < 4.78 is 10.8. The van der Waals surface area contributed by atoms with E-state index >= 15 is 0 Å². The molecule has 0 aliphatic carbocycles. The average Bonchev–Trinajstić information content (AvgIpc) is 2.35. The van der Waals surface area contributed by atoms with Crippen molar-refractivity contribution in [2.45, 2.75) is 52.4 Å². The fourth-order valence-electron chi connectivity index (χ4n) is 1.82. The fraction of sp³-hybridized carbons (Fsp3) is 0.588. The van der Waals surface area contributed by atoms with E-state index in [9.17, 15) is 4.79 Å². The zero-order valence-electron chi connectivity index (χ0n) is 14.7. The Balaban J connectivity index is 2.24. The zero-order valence-corrected chi connectivity index (χ0v) is 15.7. The molecule has 0 saturated heterocycles. The van der Waals surface area contributed by atoms with Crippen molar-refractivity contribution in [3.8, 4) is 5.75 Å². The molecule has 0 unspecified atom stereocenters. The number of rotatable bonds is 6. The molecule has 0 atom stereocenters. The molecule has 0 aliphatic heterocycles. The molecule has 1 N–H and O–H groups in total. The monoisotopic (exact) mass is 323 g/mol. The number of amides is 1. The van der Waals surface area contributed by atoms with Crippen LogP contribution in [0.1, 0.15) is 27.2 Å². The van der Waals surface area contributed by atoms with Crippen LogP contribution in [0.5, 0.6) is 5.75 Å². The predicted molar refractivity (Wildman–Crippen MR) is 93.8 cm³/mol. The van der Waals surface area contributed by atoms with Gasteiger partial charge in [-0.3, -0.25) is 0 Å². The normalized spacial score (nSPS) is 11.9. The molecule has 1 aromatic rings. The van der Waals surface area contributed by atoms with Gasteiger partial charge in [-0.2, -0.15) is 0 Å². The van der Waals surface area contributed by atoms with Gasteiger partial charge in [-0.1, -0.05) is 37.0 Å². The van der Waals surface area contributed by atoms with Crippen LogP contribution in [-0.4, -0.2) is 32.9 Å². The van der Waals surface area contributed by atoms with Crippen molar-refractivity contribution in [1.82, 2.24) is 5.32 Å². The highest BCUT2D eigenvalue weighted by atomic mass is 28.3. The predicted octanol–water partition coefficient (Wildman–Crippen LogP) is 3.53. The highest BCUT2D eigenvalue weighted by Crippen LogP contribution is 2.11. The first-order valence-corrected chi connectivity index (χ1v) is 11.3. The van der Waals surface area contributed by atoms with Gasteiger partial charge in [0.1, 0.15) is 11.4 Å². The van der Waals surface area contributed by atoms with Gasteiger partial charge in [-0.15, -0.1) is 0 Å². The van der Waals surface area contributed by atoms with Crippen LogP contribution in [0.15, 0.2) is 24.3 Å². The van der Waals surface area contributed by atoms with Gasteiger partial charge in [-0.05, 0) is 39.3 Å². The molecule has 0 spiro atoms. The lowest BCUT2D eigenvalue weighted by atomic mass is 10.2. The second-order valence-corrected chi connectivity index (χ2v) is 12.5. The zero-order chi connectivity index (χ0) is 16.8. The maximum absolute atomic E-state index is 11.5. The first-order valence-electron chi connectivity index (χ1n) is 7.78. The second-order valence-electron chi connectivity index (χ2n) is 7.41. The van der Waals surface area contributed by atoms with Crippen LogP contribution in [0, 0.1) is 0 Å². The minimum atomic E-state index is -1.25. The molecule has 1 amide bonds. The van der Waals surface area contributed by atoms with Crippen LogP contribution >= 0.6 is 0 Å². The fourth-order valence-corrected chi connectivity index (χ4v) is 2.98. The maximum atomic E-state index is 11.5. The third-order valence-corrected chi connectivity index (χ3v) is 5.04. The smallest absolute Gasteiger partial charge is 0.407 e. The van der Waals surface area contributed by atoms with Gasteiger partial charge in [0.15, 0.2) is 0 Å². The minimum absolute atomic E-state index is 0.382. The lowest BCUT2D eigenvalue weighted by Gasteiger charge is -2.19. The van der Waals surface area contributed by atoms with Crippen molar-refractivity contribution in [3.05, 3.63) is 24.3 Å². The van der Waals surface area contributed by atoms with Crippen LogP contribution in [0.4, 0.5) is 4.79 Å². The van der Waals surface area contributed by atoms with Gasteiger partial charge >= 0.3 is 6.09 Å². The van der Waals surface area contributed by atoms with E-state index in [0.717, 1.165) is 12.2 Å². The van der Waals surface area contributed by atoms with E-state index in [4.69, 9.17) is 9.47 Å². The summed E-state index contributed by atoms with van der Waals surface area (Å²) in [6, 6.07) is 8.35. The summed E-state index contributed by atoms with van der Waals surface area (Å²) in [4.78, 5) is 11.5. The summed E-state index contributed by atoms with van der Waals surface area (Å²) in [6.45, 7) is 13.6. The molecule has 0 fully saturated rings. The van der Waals surface area contributed by atoms with E-state index in [-0.39, 0.29) is 6.09 Å². The molecule has 0 heterocycles. The summed E-state index contributed by atoms with van der Waals surface area (Å²) in [5.41, 5.74) is -0.460. The first-order chi connectivity index (χ1) is 10.1. The molecular weight excluding hydrogens is 294 g/mol. The van der Waals surface area contributed by atoms with E-state index in [1.54, 1.807) is 0 Å². The molecule has 1 rings (SSSR count). The second kappa shape index (κ2) is 7.67. The summed E-state index contributed by atoms with van der Waals surface area (Å²) in [6.07, 6.45) is 0.363. The Kier molecular flexibility index (Phi) is 6.47. The summed E-state index contributed by atoms with van der Waals surface area (Å²) in [5, 5.41) is 4.14. The largest absolute Gasteiger partial charge is 0.494 e. The number of carbonyl (C=O) groups excluding carboxylic acids is 1. The standard InChI is InChI=1S/C17H29NO3Si/c1-17(2,3)21-16(19)18-12-7-13-20-14-8-10-15(11-9-14)22(4,5)6/h8-11H,7,12-13H2,1-6H3,(H,18,19). The van der Waals surface area contributed by atoms with Crippen LogP contribution in [0.3, 0.4) is 0 Å². The Morgan fingerprint density at radius 2 is 1.73 bits per heavy atom. The molecule has 4 nitrogen and oxygen atoms in total. The van der Waals surface area contributed by atoms with Gasteiger partial charge in [0.25, 0.3) is 0 Å². The van der Waals surface area contributed by atoms with Gasteiger partial charge in [0, 0.05) is 6.54 Å². The van der Waals surface area contributed by atoms with Crippen molar-refractivity contribution in [2.75, 3.05) is 13.2 Å². The molecule has 0 bridgehead atoms. The van der Waals surface area contributed by atoms with Gasteiger partial charge in [-0.25, -0.2) is 4.79 Å². The first kappa shape index (κ1) is 18.6. The van der Waals surface area contributed by atoms with Crippen molar-refractivity contribution >= 4 is 19.4 Å². The van der Waals surface area contributed by atoms with Crippen molar-refractivity contribution in [1.29, 1.82) is 0 Å². The third kappa shape index (κ3) is 7.50. The number of alkyl carbamates (subject to hydrolysis) is 1. The molecule has 124 valence electrons. The van der Waals surface area contributed by atoms with E-state index < -0.39 is 13.7 Å². The number of hydrogen-bond acceptors (Lipinski definition) is 3. The third-order valence-electron chi connectivity index (χ3n) is 2.98. The minimum Gasteiger partial charge on any atom is -0.494 e. The Hall–Kier alpha value is -1.49. The van der Waals surface area contributed by atoms with E-state index in [2.05, 4.69) is 37.1 Å². The average molecular weight is 324 g/mol. The van der Waals surface area contributed by atoms with E-state index in [1.165, 1.54) is 5.19 Å². The Labute approximate surface area is 135 Å². The number of benzene rings is 1. The molecule has 5 heteroatoms. The Morgan fingerprint density at radius 3 is 2.23 bits per heavy atom. The van der Waals surface area contributed by atoms with Crippen molar-refractivity contribution in [3.63, 3.8) is 0 Å². The summed E-state index contributed by atoms with van der Waals surface area (Å²) >= 11 is 0. The van der Waals surface area contributed by atoms with Crippen LogP contribution in [0.2, 0.25) is 19.6 Å². The van der Waals surface area contributed by atoms with Crippen molar-refractivity contribution in [2.24, 2.45) is 0 Å². The highest BCUT2D eigenvalue weighted by molar-refractivity contribution is 6.88. The summed E-state index contributed by atoms with van der Waals surface area (Å²) in [5.74, 6) is 0.874. The van der Waals surface area contributed by atoms with Gasteiger partial charge < -0.3 is 14.8 Å². The van der Waals surface area contributed by atoms with Crippen LogP contribution in [-0.2, 0) is 4.74 Å². The van der Waals surface area contributed by atoms with Crippen LogP contribution < -0.4 is 15.2 Å². The van der Waals surface area contributed by atoms with E-state index in [1.807, 2.05) is 32.9 Å². The number of ether oxygens (including phenoxy) is 2. The Morgan fingerprint density at radius 1 is 1.14 bits per heavy atom. The quantitative estimate of drug-likeness (QED) is 0.643. The lowest BCUT2D eigenvalue weighted by molar-refractivity contribution is 0.0525. The van der Waals surface area contributed by atoms with Crippen molar-refractivity contribution < 1.29 is 14.3 Å². The number of hydrogen-bond donors (Lipinski definition) is 1. The molecule has 22 heavy (non-hydrogen) atoms. The number of carbonyl (C=O) groups is 1. The van der Waals surface area contributed by atoms with Crippen LogP contribution in [0.25, 0.3) is 0 Å². The topological polar surface area (TPSA) is 47.6 Å². The lowest BCUT2D eigenvalue weighted by Crippen LogP contribution is -2.37. The molecule has 1 aromatic carbocycles. The Bertz CT molecular complexity index is 472. The molecule has 0 aliphatic rings. The molecule has 0 radical (unpaired) electrons. The molecule has 0 saturated carbocycles. The SMILES string of the molecule is CC(C)(C)OC(=O)NCCCOc1ccc([Si](C)(C)C)cc1. The summed E-state index contributed by atoms with van der Waals surface area (Å²) in [7, 11) is -1.25. The van der Waals surface area contributed by atoms with Gasteiger partial charge in [0.2, 0.25) is 0 Å². The number of nitrogens with one attached hydrogen (secondary N) is 1. The van der Waals surface area contributed by atoms with E-state index in [0.29, 0.717) is 13.2 Å². The maximum Gasteiger partial charge on any atom is 0.407 e.